The maximum Gasteiger partial charge on any atom is 0.390 e. The highest BCUT2D eigenvalue weighted by molar-refractivity contribution is 5.28. The lowest BCUT2D eigenvalue weighted by Gasteiger charge is -2.15. The molecule has 18 heavy (non-hydrogen) atoms. The molecule has 1 aromatic heterocycles. The van der Waals surface area contributed by atoms with E-state index in [0.717, 1.165) is 23.4 Å². The lowest BCUT2D eigenvalue weighted by molar-refractivity contribution is -0.137. The molecule has 1 atom stereocenters. The van der Waals surface area contributed by atoms with E-state index in [2.05, 4.69) is 10.4 Å². The Morgan fingerprint density at radius 3 is 2.39 bits per heavy atom. The Labute approximate surface area is 105 Å². The first-order chi connectivity index (χ1) is 8.30. The van der Waals surface area contributed by atoms with Gasteiger partial charge in [0.1, 0.15) is 0 Å². The number of nitrogens with zero attached hydrogens (tertiary/aromatic N) is 2. The van der Waals surface area contributed by atoms with Gasteiger partial charge in [0.2, 0.25) is 0 Å². The van der Waals surface area contributed by atoms with Gasteiger partial charge in [-0.3, -0.25) is 4.68 Å². The van der Waals surface area contributed by atoms with Crippen LogP contribution in [-0.4, -0.2) is 23.0 Å². The molecule has 1 aromatic rings. The predicted molar refractivity (Wildman–Crippen MR) is 64.5 cm³/mol. The van der Waals surface area contributed by atoms with Crippen LogP contribution in [0.15, 0.2) is 0 Å². The second-order valence-corrected chi connectivity index (χ2v) is 4.42. The van der Waals surface area contributed by atoms with E-state index in [0.29, 0.717) is 0 Å². The molecular formula is C12H20F3N3. The molecule has 0 saturated heterocycles. The molecule has 0 saturated carbocycles. The lowest BCUT2D eigenvalue weighted by Crippen LogP contribution is -2.17. The molecular weight excluding hydrogens is 243 g/mol. The van der Waals surface area contributed by atoms with Crippen LogP contribution in [0.2, 0.25) is 0 Å². The van der Waals surface area contributed by atoms with Crippen LogP contribution in [-0.2, 0) is 6.54 Å². The summed E-state index contributed by atoms with van der Waals surface area (Å²) < 4.78 is 38.1. The summed E-state index contributed by atoms with van der Waals surface area (Å²) in [5.41, 5.74) is 2.64. The third kappa shape index (κ3) is 3.48. The fourth-order valence-corrected chi connectivity index (χ4v) is 2.22. The smallest absolute Gasteiger partial charge is 0.313 e. The molecule has 0 radical (unpaired) electrons. The second-order valence-electron chi connectivity index (χ2n) is 4.42. The Bertz CT molecular complexity index is 392. The Morgan fingerprint density at radius 1 is 1.33 bits per heavy atom. The van der Waals surface area contributed by atoms with Crippen molar-refractivity contribution in [1.29, 1.82) is 0 Å². The third-order valence-corrected chi connectivity index (χ3v) is 3.15. The van der Waals surface area contributed by atoms with Gasteiger partial charge in [-0.25, -0.2) is 0 Å². The number of nitrogens with one attached hydrogen (secondary N) is 1. The molecule has 0 amide bonds. The summed E-state index contributed by atoms with van der Waals surface area (Å²) >= 11 is 0. The number of aromatic nitrogens is 2. The summed E-state index contributed by atoms with van der Waals surface area (Å²) in [5.74, 6) is 0. The normalized spacial score (nSPS) is 13.9. The van der Waals surface area contributed by atoms with Gasteiger partial charge in [-0.15, -0.1) is 0 Å². The van der Waals surface area contributed by atoms with Crippen molar-refractivity contribution in [3.63, 3.8) is 0 Å². The first-order valence-electron chi connectivity index (χ1n) is 6.08. The van der Waals surface area contributed by atoms with Gasteiger partial charge in [-0.2, -0.15) is 18.3 Å². The molecule has 6 heteroatoms. The second kappa shape index (κ2) is 5.73. The summed E-state index contributed by atoms with van der Waals surface area (Å²) in [6.07, 6.45) is -4.10. The largest absolute Gasteiger partial charge is 0.390 e. The zero-order valence-corrected chi connectivity index (χ0v) is 11.2. The van der Waals surface area contributed by atoms with Crippen molar-refractivity contribution < 1.29 is 13.2 Å². The number of aryl methyl sites for hydroxylation is 2. The van der Waals surface area contributed by atoms with Crippen LogP contribution in [0.1, 0.15) is 42.8 Å². The Balaban J connectivity index is 2.93. The molecule has 1 unspecified atom stereocenters. The van der Waals surface area contributed by atoms with Gasteiger partial charge in [-0.1, -0.05) is 6.92 Å². The Kier molecular flexibility index (Phi) is 4.78. The maximum absolute atomic E-state index is 12.2. The van der Waals surface area contributed by atoms with Crippen molar-refractivity contribution >= 4 is 0 Å². The Hall–Kier alpha value is -1.04. The van der Waals surface area contributed by atoms with Gasteiger partial charge >= 0.3 is 6.18 Å². The quantitative estimate of drug-likeness (QED) is 0.884. The molecule has 3 nitrogen and oxygen atoms in total. The van der Waals surface area contributed by atoms with Crippen LogP contribution in [0.4, 0.5) is 13.2 Å². The standard InChI is InChI=1S/C12H20F3N3/c1-5-10(16-4)11-8(2)17-18(9(11)3)7-6-12(13,14)15/h10,16H,5-7H2,1-4H3. The van der Waals surface area contributed by atoms with Gasteiger partial charge in [0, 0.05) is 23.8 Å². The molecule has 0 aliphatic rings. The van der Waals surface area contributed by atoms with Crippen molar-refractivity contribution in [2.24, 2.45) is 0 Å². The topological polar surface area (TPSA) is 29.9 Å². The molecule has 0 bridgehead atoms. The van der Waals surface area contributed by atoms with Crippen molar-refractivity contribution in [3.8, 4) is 0 Å². The van der Waals surface area contributed by atoms with Crippen LogP contribution in [0.5, 0.6) is 0 Å². The molecule has 0 aliphatic heterocycles. The average molecular weight is 263 g/mol. The first kappa shape index (κ1) is 15.0. The zero-order chi connectivity index (χ0) is 13.9. The molecule has 0 aliphatic carbocycles. The molecule has 1 rings (SSSR count). The zero-order valence-electron chi connectivity index (χ0n) is 11.2. The van der Waals surface area contributed by atoms with Gasteiger partial charge in [0.05, 0.1) is 12.1 Å². The van der Waals surface area contributed by atoms with Gasteiger partial charge < -0.3 is 5.32 Å². The van der Waals surface area contributed by atoms with Gasteiger partial charge in [0.15, 0.2) is 0 Å². The van der Waals surface area contributed by atoms with Crippen molar-refractivity contribution in [1.82, 2.24) is 15.1 Å². The summed E-state index contributed by atoms with van der Waals surface area (Å²) in [5, 5.41) is 7.37. The molecule has 1 N–H and O–H groups in total. The van der Waals surface area contributed by atoms with Crippen LogP contribution >= 0.6 is 0 Å². The highest BCUT2D eigenvalue weighted by Gasteiger charge is 2.28. The molecule has 1 heterocycles. The van der Waals surface area contributed by atoms with Crippen LogP contribution in [0, 0.1) is 13.8 Å². The number of rotatable bonds is 5. The third-order valence-electron chi connectivity index (χ3n) is 3.15. The highest BCUT2D eigenvalue weighted by Crippen LogP contribution is 2.26. The molecule has 0 aromatic carbocycles. The minimum Gasteiger partial charge on any atom is -0.313 e. The SMILES string of the molecule is CCC(NC)c1c(C)nn(CCC(F)(F)F)c1C. The predicted octanol–water partition coefficient (Wildman–Crippen LogP) is 3.12. The summed E-state index contributed by atoms with van der Waals surface area (Å²) in [4.78, 5) is 0. The number of alkyl halides is 3. The number of hydrogen-bond donors (Lipinski definition) is 1. The van der Waals surface area contributed by atoms with Crippen molar-refractivity contribution in [2.45, 2.75) is 52.4 Å². The number of halogens is 3. The monoisotopic (exact) mass is 263 g/mol. The van der Waals surface area contributed by atoms with Crippen molar-refractivity contribution in [3.05, 3.63) is 17.0 Å². The van der Waals surface area contributed by atoms with E-state index in [1.165, 1.54) is 4.68 Å². The molecule has 0 spiro atoms. The number of hydrogen-bond acceptors (Lipinski definition) is 2. The fourth-order valence-electron chi connectivity index (χ4n) is 2.22. The van der Waals surface area contributed by atoms with Crippen molar-refractivity contribution in [2.75, 3.05) is 7.05 Å². The lowest BCUT2D eigenvalue weighted by atomic mass is 10.0. The van der Waals surface area contributed by atoms with Crippen LogP contribution in [0.3, 0.4) is 0 Å². The van der Waals surface area contributed by atoms with E-state index < -0.39 is 12.6 Å². The van der Waals surface area contributed by atoms with Crippen LogP contribution < -0.4 is 5.32 Å². The van der Waals surface area contributed by atoms with E-state index in [1.807, 2.05) is 27.8 Å². The van der Waals surface area contributed by atoms with E-state index in [4.69, 9.17) is 0 Å². The molecule has 0 fully saturated rings. The fraction of sp³-hybridized carbons (Fsp3) is 0.750. The minimum atomic E-state index is -4.14. The van der Waals surface area contributed by atoms with E-state index in [9.17, 15) is 13.2 Å². The Morgan fingerprint density at radius 2 is 1.94 bits per heavy atom. The first-order valence-corrected chi connectivity index (χ1v) is 6.08. The van der Waals surface area contributed by atoms with Crippen LogP contribution in [0.25, 0.3) is 0 Å². The van der Waals surface area contributed by atoms with Gasteiger partial charge in [0.25, 0.3) is 0 Å². The average Bonchev–Trinajstić information content (AvgIpc) is 2.54. The van der Waals surface area contributed by atoms with E-state index in [-0.39, 0.29) is 12.6 Å². The highest BCUT2D eigenvalue weighted by atomic mass is 19.4. The minimum absolute atomic E-state index is 0.115. The van der Waals surface area contributed by atoms with Gasteiger partial charge in [-0.05, 0) is 27.3 Å². The summed E-state index contributed by atoms with van der Waals surface area (Å²) in [6, 6.07) is 0.143. The molecule has 104 valence electrons. The van der Waals surface area contributed by atoms with E-state index >= 15 is 0 Å². The maximum atomic E-state index is 12.2. The van der Waals surface area contributed by atoms with E-state index in [1.54, 1.807) is 0 Å². The summed E-state index contributed by atoms with van der Waals surface area (Å²) in [7, 11) is 1.85. The summed E-state index contributed by atoms with van der Waals surface area (Å²) in [6.45, 7) is 5.58.